The number of anilines is 1. The van der Waals surface area contributed by atoms with Gasteiger partial charge in [0, 0.05) is 5.75 Å². The molecule has 0 aliphatic carbocycles. The van der Waals surface area contributed by atoms with E-state index in [1.807, 2.05) is 91.9 Å². The molecule has 0 unspecified atom stereocenters. The lowest BCUT2D eigenvalue weighted by molar-refractivity contribution is 0.280. The first-order valence-electron chi connectivity index (χ1n) is 10.9. The van der Waals surface area contributed by atoms with Crippen molar-refractivity contribution in [3.05, 3.63) is 119 Å². The molecular weight excluding hydrogens is 447 g/mol. The number of thioether (sulfide) groups is 1. The highest BCUT2D eigenvalue weighted by atomic mass is 32.2. The van der Waals surface area contributed by atoms with Crippen LogP contribution in [-0.4, -0.2) is 15.1 Å². The molecule has 1 aromatic heterocycles. The molecule has 0 saturated heterocycles. The zero-order valence-electron chi connectivity index (χ0n) is 18.8. The van der Waals surface area contributed by atoms with Crippen molar-refractivity contribution in [2.75, 3.05) is 5.32 Å². The number of hydrogen-bond donors (Lipinski definition) is 1. The van der Waals surface area contributed by atoms with Crippen molar-refractivity contribution in [3.8, 4) is 6.01 Å². The first-order chi connectivity index (χ1) is 16.7. The molecule has 0 saturated carbocycles. The number of benzene rings is 3. The van der Waals surface area contributed by atoms with E-state index in [9.17, 15) is 4.39 Å². The lowest BCUT2D eigenvalue weighted by Gasteiger charge is -2.11. The summed E-state index contributed by atoms with van der Waals surface area (Å²) in [7, 11) is 0. The number of rotatable bonds is 8. The largest absolute Gasteiger partial charge is 0.459 e. The second-order valence-corrected chi connectivity index (χ2v) is 8.59. The Balaban J connectivity index is 1.48. The lowest BCUT2D eigenvalue weighted by atomic mass is 10.2. The predicted molar refractivity (Wildman–Crippen MR) is 136 cm³/mol. The van der Waals surface area contributed by atoms with E-state index < -0.39 is 5.82 Å². The molecule has 0 aliphatic heterocycles. The van der Waals surface area contributed by atoms with Gasteiger partial charge in [0.15, 0.2) is 16.8 Å². The van der Waals surface area contributed by atoms with Crippen LogP contribution in [0.1, 0.15) is 22.3 Å². The van der Waals surface area contributed by atoms with Crippen LogP contribution < -0.4 is 10.1 Å². The van der Waals surface area contributed by atoms with Crippen LogP contribution in [0.4, 0.5) is 10.2 Å². The minimum atomic E-state index is -0.574. The van der Waals surface area contributed by atoms with Crippen molar-refractivity contribution >= 4 is 22.7 Å². The second-order valence-electron chi connectivity index (χ2n) is 7.63. The SMILES string of the molecule is Cc1ccc(COc2ncc(F)c(N/C(=N/Cc3ccccc3)SCc3ccccc3)n2)cc1. The van der Waals surface area contributed by atoms with E-state index in [0.717, 1.165) is 22.9 Å². The Kier molecular flexibility index (Phi) is 8.24. The molecule has 0 fully saturated rings. The molecule has 0 atom stereocenters. The first-order valence-corrected chi connectivity index (χ1v) is 11.9. The number of nitrogens with one attached hydrogen (secondary N) is 1. The van der Waals surface area contributed by atoms with E-state index in [1.165, 1.54) is 17.3 Å². The highest BCUT2D eigenvalue weighted by molar-refractivity contribution is 8.13. The second kappa shape index (κ2) is 12.0. The summed E-state index contributed by atoms with van der Waals surface area (Å²) in [6.45, 7) is 2.79. The Morgan fingerprint density at radius 3 is 2.29 bits per heavy atom. The number of halogens is 1. The van der Waals surface area contributed by atoms with E-state index in [0.29, 0.717) is 24.1 Å². The zero-order valence-corrected chi connectivity index (χ0v) is 19.6. The highest BCUT2D eigenvalue weighted by Gasteiger charge is 2.12. The molecule has 4 rings (SSSR count). The van der Waals surface area contributed by atoms with E-state index in [1.54, 1.807) is 0 Å². The first kappa shape index (κ1) is 23.4. The van der Waals surface area contributed by atoms with Crippen molar-refractivity contribution in [2.24, 2.45) is 4.99 Å². The summed E-state index contributed by atoms with van der Waals surface area (Å²) in [5, 5.41) is 3.61. The normalized spacial score (nSPS) is 11.3. The summed E-state index contributed by atoms with van der Waals surface area (Å²) < 4.78 is 20.2. The van der Waals surface area contributed by atoms with Gasteiger partial charge in [-0.25, -0.2) is 9.37 Å². The third-order valence-electron chi connectivity index (χ3n) is 4.90. The molecule has 0 aliphatic rings. The molecule has 0 spiro atoms. The Hall–Kier alpha value is -3.71. The maximum Gasteiger partial charge on any atom is 0.318 e. The van der Waals surface area contributed by atoms with Gasteiger partial charge < -0.3 is 10.1 Å². The van der Waals surface area contributed by atoms with Crippen LogP contribution in [0.15, 0.2) is 96.1 Å². The minimum absolute atomic E-state index is 0.0290. The van der Waals surface area contributed by atoms with Gasteiger partial charge in [-0.2, -0.15) is 4.98 Å². The Labute approximate surface area is 203 Å². The van der Waals surface area contributed by atoms with Crippen LogP contribution in [-0.2, 0) is 18.9 Å². The molecule has 5 nitrogen and oxygen atoms in total. The number of aliphatic imine (C=N–C) groups is 1. The molecule has 3 aromatic carbocycles. The van der Waals surface area contributed by atoms with Gasteiger partial charge in [-0.3, -0.25) is 4.99 Å². The van der Waals surface area contributed by atoms with Gasteiger partial charge in [0.05, 0.1) is 12.7 Å². The number of hydrogen-bond acceptors (Lipinski definition) is 5. The van der Waals surface area contributed by atoms with Crippen molar-refractivity contribution in [2.45, 2.75) is 25.8 Å². The van der Waals surface area contributed by atoms with Crippen molar-refractivity contribution in [3.63, 3.8) is 0 Å². The summed E-state index contributed by atoms with van der Waals surface area (Å²) in [5.74, 6) is 0.141. The van der Waals surface area contributed by atoms with Gasteiger partial charge in [0.2, 0.25) is 0 Å². The van der Waals surface area contributed by atoms with Crippen molar-refractivity contribution < 1.29 is 9.13 Å². The van der Waals surface area contributed by atoms with Crippen LogP contribution in [0.3, 0.4) is 0 Å². The Morgan fingerprint density at radius 2 is 1.59 bits per heavy atom. The summed E-state index contributed by atoms with van der Waals surface area (Å²) in [6, 6.07) is 28.0. The minimum Gasteiger partial charge on any atom is -0.459 e. The average molecular weight is 473 g/mol. The van der Waals surface area contributed by atoms with Crippen LogP contribution in [0.2, 0.25) is 0 Å². The lowest BCUT2D eigenvalue weighted by Crippen LogP contribution is -2.13. The smallest absolute Gasteiger partial charge is 0.318 e. The molecule has 172 valence electrons. The fraction of sp³-hybridized carbons (Fsp3) is 0.148. The quantitative estimate of drug-likeness (QED) is 0.237. The third kappa shape index (κ3) is 7.15. The predicted octanol–water partition coefficient (Wildman–Crippen LogP) is 6.40. The summed E-state index contributed by atoms with van der Waals surface area (Å²) in [6.07, 6.45) is 1.11. The molecule has 0 radical (unpaired) electrons. The van der Waals surface area contributed by atoms with Crippen LogP contribution in [0, 0.1) is 12.7 Å². The van der Waals surface area contributed by atoms with E-state index in [-0.39, 0.29) is 11.8 Å². The standard InChI is InChI=1S/C27H25FN4OS/c1-20-12-14-22(15-13-20)18-33-26-29-17-24(28)25(31-26)32-27(30-16-21-8-4-2-5-9-21)34-19-23-10-6-3-7-11-23/h2-15,17H,16,18-19H2,1H3,(H,29,30,31,32). The monoisotopic (exact) mass is 472 g/mol. The molecule has 1 heterocycles. The number of aromatic nitrogens is 2. The number of nitrogens with zero attached hydrogens (tertiary/aromatic N) is 3. The van der Waals surface area contributed by atoms with E-state index in [2.05, 4.69) is 20.3 Å². The van der Waals surface area contributed by atoms with Gasteiger partial charge in [-0.05, 0) is 23.6 Å². The van der Waals surface area contributed by atoms with E-state index >= 15 is 0 Å². The van der Waals surface area contributed by atoms with Crippen molar-refractivity contribution in [1.82, 2.24) is 9.97 Å². The summed E-state index contributed by atoms with van der Waals surface area (Å²) >= 11 is 1.49. The van der Waals surface area contributed by atoms with Crippen molar-refractivity contribution in [1.29, 1.82) is 0 Å². The van der Waals surface area contributed by atoms with Gasteiger partial charge in [-0.15, -0.1) is 0 Å². The molecule has 1 N–H and O–H groups in total. The maximum atomic E-state index is 14.6. The van der Waals surface area contributed by atoms with Gasteiger partial charge in [0.1, 0.15) is 6.61 Å². The summed E-state index contributed by atoms with van der Waals surface area (Å²) in [5.41, 5.74) is 4.36. The van der Waals surface area contributed by atoms with Gasteiger partial charge in [-0.1, -0.05) is 102 Å². The fourth-order valence-electron chi connectivity index (χ4n) is 3.04. The van der Waals surface area contributed by atoms with Crippen LogP contribution in [0.5, 0.6) is 6.01 Å². The molecule has 4 aromatic rings. The average Bonchev–Trinajstić information content (AvgIpc) is 2.88. The highest BCUT2D eigenvalue weighted by Crippen LogP contribution is 2.20. The molecule has 7 heteroatoms. The Bertz CT molecular complexity index is 1220. The number of aryl methyl sites for hydroxylation is 1. The maximum absolute atomic E-state index is 14.6. The Morgan fingerprint density at radius 1 is 0.912 bits per heavy atom. The summed E-state index contributed by atoms with van der Waals surface area (Å²) in [4.78, 5) is 12.9. The van der Waals surface area contributed by atoms with Crippen LogP contribution in [0.25, 0.3) is 0 Å². The van der Waals surface area contributed by atoms with E-state index in [4.69, 9.17) is 4.74 Å². The topological polar surface area (TPSA) is 59.4 Å². The molecular formula is C27H25FN4OS. The third-order valence-corrected chi connectivity index (χ3v) is 5.88. The zero-order chi connectivity index (χ0) is 23.6. The fourth-order valence-corrected chi connectivity index (χ4v) is 3.86. The van der Waals surface area contributed by atoms with Crippen LogP contribution >= 0.6 is 11.8 Å². The number of ether oxygens (including phenoxy) is 1. The molecule has 0 amide bonds. The molecule has 0 bridgehead atoms. The number of amidine groups is 1. The van der Waals surface area contributed by atoms with Gasteiger partial charge in [0.25, 0.3) is 0 Å². The van der Waals surface area contributed by atoms with Gasteiger partial charge >= 0.3 is 6.01 Å². The molecule has 34 heavy (non-hydrogen) atoms.